The molecule has 0 heterocycles. The van der Waals surface area contributed by atoms with Crippen LogP contribution in [0.4, 0.5) is 18.9 Å². The quantitative estimate of drug-likeness (QED) is 0.836. The summed E-state index contributed by atoms with van der Waals surface area (Å²) in [7, 11) is 0. The van der Waals surface area contributed by atoms with Gasteiger partial charge in [0, 0.05) is 18.8 Å². The van der Waals surface area contributed by atoms with E-state index >= 15 is 0 Å². The number of benzene rings is 1. The van der Waals surface area contributed by atoms with E-state index in [1.165, 1.54) is 17.0 Å². The second-order valence-electron chi connectivity index (χ2n) is 4.63. The summed E-state index contributed by atoms with van der Waals surface area (Å²) in [6, 6.07) is 8.17. The van der Waals surface area contributed by atoms with Gasteiger partial charge in [0.25, 0.3) is 0 Å². The summed E-state index contributed by atoms with van der Waals surface area (Å²) >= 11 is 0. The first-order valence-corrected chi connectivity index (χ1v) is 6.81. The topological polar surface area (TPSA) is 79.9 Å². The molecule has 0 unspecified atom stereocenters. The second-order valence-corrected chi connectivity index (χ2v) is 4.63. The molecule has 8 heteroatoms. The normalized spacial score (nSPS) is 10.5. The average molecular weight is 324 g/mol. The molecule has 0 saturated carbocycles. The minimum Gasteiger partial charge on any atom is -0.376 e. The molecule has 0 atom stereocenters. The summed E-state index contributed by atoms with van der Waals surface area (Å²) in [4.78, 5) is 13.4. The van der Waals surface area contributed by atoms with Gasteiger partial charge in [-0.05, 0) is 24.3 Å². The largest absolute Gasteiger partial charge is 0.416 e. The highest BCUT2D eigenvalue weighted by Crippen LogP contribution is 2.29. The molecule has 0 spiro atoms. The molecular weight excluding hydrogens is 309 g/mol. The van der Waals surface area contributed by atoms with Crippen molar-refractivity contribution >= 4 is 11.6 Å². The van der Waals surface area contributed by atoms with Crippen LogP contribution in [-0.2, 0) is 11.0 Å². The standard InChI is InChI=1S/C15H15F3N4O/c16-15(17,18)12-3-5-13(6-4-12)21-11-14(23)22(9-1-7-19)10-2-8-20/h3-6,21H,1-2,9-11H2. The van der Waals surface area contributed by atoms with E-state index in [2.05, 4.69) is 5.32 Å². The van der Waals surface area contributed by atoms with Crippen LogP contribution in [0, 0.1) is 22.7 Å². The highest BCUT2D eigenvalue weighted by molar-refractivity contribution is 5.80. The lowest BCUT2D eigenvalue weighted by Gasteiger charge is -2.20. The fraction of sp³-hybridized carbons (Fsp3) is 0.400. The first-order chi connectivity index (χ1) is 10.9. The zero-order valence-electron chi connectivity index (χ0n) is 12.2. The maximum Gasteiger partial charge on any atom is 0.416 e. The molecule has 0 aliphatic carbocycles. The van der Waals surface area contributed by atoms with Gasteiger partial charge in [0.05, 0.1) is 37.1 Å². The molecule has 1 amide bonds. The Bertz CT molecular complexity index is 581. The van der Waals surface area contributed by atoms with Crippen LogP contribution in [0.1, 0.15) is 18.4 Å². The van der Waals surface area contributed by atoms with Gasteiger partial charge >= 0.3 is 6.18 Å². The fourth-order valence-electron chi connectivity index (χ4n) is 1.80. The SMILES string of the molecule is N#CCCN(CCC#N)C(=O)CNc1ccc(C(F)(F)F)cc1. The number of rotatable bonds is 7. The Morgan fingerprint density at radius 1 is 1.09 bits per heavy atom. The molecule has 23 heavy (non-hydrogen) atoms. The molecule has 0 aliphatic rings. The lowest BCUT2D eigenvalue weighted by molar-refractivity contribution is -0.137. The van der Waals surface area contributed by atoms with Crippen molar-refractivity contribution in [2.45, 2.75) is 19.0 Å². The van der Waals surface area contributed by atoms with Gasteiger partial charge in [0.2, 0.25) is 5.91 Å². The van der Waals surface area contributed by atoms with Crippen LogP contribution in [0.25, 0.3) is 0 Å². The summed E-state index contributed by atoms with van der Waals surface area (Å²) in [6.07, 6.45) is -4.10. The number of carbonyl (C=O) groups is 1. The fourth-order valence-corrected chi connectivity index (χ4v) is 1.80. The van der Waals surface area contributed by atoms with E-state index < -0.39 is 11.7 Å². The number of nitriles is 2. The van der Waals surface area contributed by atoms with Gasteiger partial charge in [-0.3, -0.25) is 4.79 Å². The maximum absolute atomic E-state index is 12.4. The molecule has 0 saturated heterocycles. The Balaban J connectivity index is 2.59. The van der Waals surface area contributed by atoms with E-state index in [4.69, 9.17) is 10.5 Å². The molecular formula is C15H15F3N4O. The molecule has 122 valence electrons. The molecule has 1 N–H and O–H groups in total. The number of amides is 1. The molecule has 5 nitrogen and oxygen atoms in total. The van der Waals surface area contributed by atoms with Crippen molar-refractivity contribution in [2.24, 2.45) is 0 Å². The number of carbonyl (C=O) groups excluding carboxylic acids is 1. The molecule has 0 radical (unpaired) electrons. The summed E-state index contributed by atoms with van der Waals surface area (Å²) in [5.74, 6) is -0.324. The predicted molar refractivity (Wildman–Crippen MR) is 77.0 cm³/mol. The lowest BCUT2D eigenvalue weighted by atomic mass is 10.2. The zero-order chi connectivity index (χ0) is 17.3. The van der Waals surface area contributed by atoms with Crippen molar-refractivity contribution in [2.75, 3.05) is 25.0 Å². The highest BCUT2D eigenvalue weighted by atomic mass is 19.4. The van der Waals surface area contributed by atoms with Crippen molar-refractivity contribution in [3.8, 4) is 12.1 Å². The van der Waals surface area contributed by atoms with Crippen molar-refractivity contribution in [1.82, 2.24) is 4.90 Å². The molecule has 0 aliphatic heterocycles. The van der Waals surface area contributed by atoms with Crippen LogP contribution in [0.5, 0.6) is 0 Å². The smallest absolute Gasteiger partial charge is 0.376 e. The molecule has 0 bridgehead atoms. The van der Waals surface area contributed by atoms with Crippen LogP contribution in [-0.4, -0.2) is 30.4 Å². The van der Waals surface area contributed by atoms with E-state index in [-0.39, 0.29) is 38.4 Å². The van der Waals surface area contributed by atoms with E-state index in [1.807, 2.05) is 12.1 Å². The third-order valence-electron chi connectivity index (χ3n) is 3.00. The number of halogens is 3. The maximum atomic E-state index is 12.4. The second kappa shape index (κ2) is 8.64. The summed E-state index contributed by atoms with van der Waals surface area (Å²) in [6.45, 7) is 0.305. The zero-order valence-corrected chi connectivity index (χ0v) is 12.2. The van der Waals surface area contributed by atoms with Gasteiger partial charge in [-0.15, -0.1) is 0 Å². The number of nitrogens with zero attached hydrogens (tertiary/aromatic N) is 3. The Morgan fingerprint density at radius 3 is 2.04 bits per heavy atom. The van der Waals surface area contributed by atoms with Gasteiger partial charge in [0.15, 0.2) is 0 Å². The number of alkyl halides is 3. The van der Waals surface area contributed by atoms with Crippen molar-refractivity contribution < 1.29 is 18.0 Å². The molecule has 1 rings (SSSR count). The Hall–Kier alpha value is -2.74. The third-order valence-corrected chi connectivity index (χ3v) is 3.00. The van der Waals surface area contributed by atoms with Crippen LogP contribution < -0.4 is 5.32 Å². The minimum atomic E-state index is -4.40. The monoisotopic (exact) mass is 324 g/mol. The average Bonchev–Trinajstić information content (AvgIpc) is 2.52. The highest BCUT2D eigenvalue weighted by Gasteiger charge is 2.29. The number of hydrogen-bond donors (Lipinski definition) is 1. The van der Waals surface area contributed by atoms with Crippen molar-refractivity contribution in [3.63, 3.8) is 0 Å². The van der Waals surface area contributed by atoms with Crippen molar-refractivity contribution in [1.29, 1.82) is 10.5 Å². The number of anilines is 1. The van der Waals surface area contributed by atoms with Gasteiger partial charge in [-0.25, -0.2) is 0 Å². The van der Waals surface area contributed by atoms with Gasteiger partial charge in [-0.1, -0.05) is 0 Å². The summed E-state index contributed by atoms with van der Waals surface area (Å²) in [5, 5.41) is 19.9. The lowest BCUT2D eigenvalue weighted by Crippen LogP contribution is -2.36. The van der Waals surface area contributed by atoms with Crippen LogP contribution >= 0.6 is 0 Å². The number of nitrogens with one attached hydrogen (secondary N) is 1. The van der Waals surface area contributed by atoms with Crippen molar-refractivity contribution in [3.05, 3.63) is 29.8 Å². The first kappa shape index (κ1) is 18.3. The van der Waals surface area contributed by atoms with Gasteiger partial charge in [0.1, 0.15) is 0 Å². The molecule has 0 aromatic heterocycles. The van der Waals surface area contributed by atoms with E-state index in [9.17, 15) is 18.0 Å². The van der Waals surface area contributed by atoms with Gasteiger partial charge < -0.3 is 10.2 Å². The molecule has 1 aromatic rings. The van der Waals surface area contributed by atoms with E-state index in [0.29, 0.717) is 5.69 Å². The number of hydrogen-bond acceptors (Lipinski definition) is 4. The predicted octanol–water partition coefficient (Wildman–Crippen LogP) is 2.77. The summed E-state index contributed by atoms with van der Waals surface area (Å²) in [5.41, 5.74) is -0.383. The molecule has 1 aromatic carbocycles. The van der Waals surface area contributed by atoms with Crippen LogP contribution in [0.3, 0.4) is 0 Å². The van der Waals surface area contributed by atoms with E-state index in [1.54, 1.807) is 0 Å². The van der Waals surface area contributed by atoms with E-state index in [0.717, 1.165) is 12.1 Å². The molecule has 0 fully saturated rings. The Labute approximate surface area is 131 Å². The summed E-state index contributed by atoms with van der Waals surface area (Å²) < 4.78 is 37.3. The first-order valence-electron chi connectivity index (χ1n) is 6.81. The minimum absolute atomic E-state index is 0.123. The van der Waals surface area contributed by atoms with Crippen LogP contribution in [0.15, 0.2) is 24.3 Å². The van der Waals surface area contributed by atoms with Crippen LogP contribution in [0.2, 0.25) is 0 Å². The Kier molecular flexibility index (Phi) is 6.88. The third kappa shape index (κ3) is 6.27. The van der Waals surface area contributed by atoms with Gasteiger partial charge in [-0.2, -0.15) is 23.7 Å². The Morgan fingerprint density at radius 2 is 1.61 bits per heavy atom.